The summed E-state index contributed by atoms with van der Waals surface area (Å²) in [7, 11) is 0. The number of hydrogen-bond donors (Lipinski definition) is 1. The second kappa shape index (κ2) is 7.84. The Morgan fingerprint density at radius 1 is 1.24 bits per heavy atom. The molecule has 0 saturated heterocycles. The van der Waals surface area contributed by atoms with Gasteiger partial charge in [0.2, 0.25) is 5.91 Å². The van der Waals surface area contributed by atoms with Crippen LogP contribution in [0.1, 0.15) is 52.5 Å². The van der Waals surface area contributed by atoms with Gasteiger partial charge in [-0.1, -0.05) is 0 Å². The first-order valence-electron chi connectivity index (χ1n) is 9.57. The molecule has 1 amide bonds. The number of amides is 1. The predicted molar refractivity (Wildman–Crippen MR) is 105 cm³/mol. The molecule has 2 N–H and O–H groups in total. The number of aryl methyl sites for hydroxylation is 2. The Balaban J connectivity index is 0.000000152. The quantitative estimate of drug-likeness (QED) is 0.740. The maximum absolute atomic E-state index is 12.6. The molecule has 1 saturated carbocycles. The van der Waals surface area contributed by atoms with Gasteiger partial charge in [0.15, 0.2) is 0 Å². The van der Waals surface area contributed by atoms with Crippen LogP contribution in [0.3, 0.4) is 0 Å². The number of nitrogens with two attached hydrogens (primary N) is 1. The van der Waals surface area contributed by atoms with Crippen molar-refractivity contribution in [1.29, 1.82) is 5.26 Å². The molecule has 1 aliphatic heterocycles. The number of benzene rings is 1. The molecular weight excluding hydrogens is 369 g/mol. The molecule has 29 heavy (non-hydrogen) atoms. The summed E-state index contributed by atoms with van der Waals surface area (Å²) in [6, 6.07) is 11.5. The maximum Gasteiger partial charge on any atom is 0.248 e. The summed E-state index contributed by atoms with van der Waals surface area (Å²) in [5.41, 5.74) is 9.95. The van der Waals surface area contributed by atoms with Crippen molar-refractivity contribution in [2.45, 2.75) is 38.1 Å². The van der Waals surface area contributed by atoms with Crippen molar-refractivity contribution in [3.8, 4) is 17.3 Å². The van der Waals surface area contributed by atoms with Crippen molar-refractivity contribution < 1.29 is 9.18 Å². The molecule has 1 fully saturated rings. The van der Waals surface area contributed by atoms with Crippen LogP contribution in [0.25, 0.3) is 11.3 Å². The molecule has 5 rings (SSSR count). The Morgan fingerprint density at radius 2 is 2.07 bits per heavy atom. The first-order valence-corrected chi connectivity index (χ1v) is 9.57. The highest BCUT2D eigenvalue weighted by atomic mass is 19.1. The number of fused-ring (bicyclic) bond motifs is 1. The molecule has 0 bridgehead atoms. The van der Waals surface area contributed by atoms with E-state index in [4.69, 9.17) is 11.0 Å². The average Bonchev–Trinajstić information content (AvgIpc) is 3.35. The SMILES string of the molecule is N#Cc1cc(F)cc(C(N)=O)c1.c1cc(-c2cc3n(n2)CCC3)cc(C2CC2)n1. The Hall–Kier alpha value is -3.53. The number of aromatic nitrogens is 3. The maximum atomic E-state index is 12.6. The first kappa shape index (κ1) is 18.8. The van der Waals surface area contributed by atoms with Gasteiger partial charge >= 0.3 is 0 Å². The number of pyridine rings is 1. The van der Waals surface area contributed by atoms with Crippen molar-refractivity contribution in [3.05, 3.63) is 70.9 Å². The fraction of sp³-hybridized carbons (Fsp3) is 0.273. The lowest BCUT2D eigenvalue weighted by atomic mass is 10.1. The minimum atomic E-state index is -0.744. The largest absolute Gasteiger partial charge is 0.366 e. The van der Waals surface area contributed by atoms with E-state index >= 15 is 0 Å². The Bertz CT molecular complexity index is 1090. The molecule has 0 unspecified atom stereocenters. The third-order valence-electron chi connectivity index (χ3n) is 5.05. The lowest BCUT2D eigenvalue weighted by molar-refractivity contribution is 0.1000. The summed E-state index contributed by atoms with van der Waals surface area (Å²) in [4.78, 5) is 15.0. The predicted octanol–water partition coefficient (Wildman–Crippen LogP) is 3.56. The number of rotatable bonds is 3. The lowest BCUT2D eigenvalue weighted by Gasteiger charge is -2.00. The van der Waals surface area contributed by atoms with Gasteiger partial charge in [-0.25, -0.2) is 4.39 Å². The van der Waals surface area contributed by atoms with Crippen molar-refractivity contribution in [2.75, 3.05) is 0 Å². The normalized spacial score (nSPS) is 14.5. The molecule has 2 aromatic heterocycles. The highest BCUT2D eigenvalue weighted by Crippen LogP contribution is 2.39. The van der Waals surface area contributed by atoms with Gasteiger partial charge in [0.1, 0.15) is 5.82 Å². The molecule has 6 nitrogen and oxygen atoms in total. The Kier molecular flexibility index (Phi) is 5.09. The Labute approximate surface area is 167 Å². The van der Waals surface area contributed by atoms with Crippen molar-refractivity contribution in [2.24, 2.45) is 5.73 Å². The van der Waals surface area contributed by atoms with Gasteiger partial charge < -0.3 is 5.73 Å². The van der Waals surface area contributed by atoms with Crippen LogP contribution in [0.2, 0.25) is 0 Å². The minimum Gasteiger partial charge on any atom is -0.366 e. The number of nitriles is 1. The minimum absolute atomic E-state index is 0.00606. The van der Waals surface area contributed by atoms with Crippen LogP contribution in [0.5, 0.6) is 0 Å². The van der Waals surface area contributed by atoms with Gasteiger partial charge in [-0.2, -0.15) is 10.4 Å². The van der Waals surface area contributed by atoms with E-state index in [2.05, 4.69) is 33.0 Å². The molecule has 3 heterocycles. The van der Waals surface area contributed by atoms with E-state index in [1.807, 2.05) is 6.20 Å². The number of carbonyl (C=O) groups excluding carboxylic acids is 1. The van der Waals surface area contributed by atoms with Gasteiger partial charge in [-0.05, 0) is 62.1 Å². The molecule has 146 valence electrons. The van der Waals surface area contributed by atoms with Gasteiger partial charge in [0, 0.05) is 41.2 Å². The number of primary amides is 1. The summed E-state index contributed by atoms with van der Waals surface area (Å²) >= 11 is 0. The van der Waals surface area contributed by atoms with Crippen LogP contribution in [-0.2, 0) is 13.0 Å². The smallest absolute Gasteiger partial charge is 0.248 e. The molecule has 7 heteroatoms. The van der Waals surface area contributed by atoms with Crippen molar-refractivity contribution >= 4 is 5.91 Å². The summed E-state index contributed by atoms with van der Waals surface area (Å²) in [6.45, 7) is 1.08. The zero-order valence-electron chi connectivity index (χ0n) is 15.8. The molecule has 3 aromatic rings. The fourth-order valence-electron chi connectivity index (χ4n) is 3.41. The number of hydrogen-bond acceptors (Lipinski definition) is 4. The summed E-state index contributed by atoms with van der Waals surface area (Å²) in [5, 5.41) is 13.1. The van der Waals surface area contributed by atoms with E-state index in [1.54, 1.807) is 6.07 Å². The fourth-order valence-corrected chi connectivity index (χ4v) is 3.41. The Morgan fingerprint density at radius 3 is 2.76 bits per heavy atom. The third-order valence-corrected chi connectivity index (χ3v) is 5.05. The van der Waals surface area contributed by atoms with Crippen LogP contribution >= 0.6 is 0 Å². The van der Waals surface area contributed by atoms with E-state index in [0.717, 1.165) is 24.4 Å². The summed E-state index contributed by atoms with van der Waals surface area (Å²) < 4.78 is 14.8. The van der Waals surface area contributed by atoms with Crippen LogP contribution < -0.4 is 5.73 Å². The van der Waals surface area contributed by atoms with E-state index < -0.39 is 11.7 Å². The molecule has 0 radical (unpaired) electrons. The highest BCUT2D eigenvalue weighted by Gasteiger charge is 2.25. The van der Waals surface area contributed by atoms with E-state index in [1.165, 1.54) is 48.7 Å². The van der Waals surface area contributed by atoms with Crippen LogP contribution in [-0.4, -0.2) is 20.7 Å². The summed E-state index contributed by atoms with van der Waals surface area (Å²) in [5.74, 6) is -0.668. The van der Waals surface area contributed by atoms with Crippen LogP contribution in [0.4, 0.5) is 4.39 Å². The first-order chi connectivity index (χ1) is 14.0. The second-order valence-corrected chi connectivity index (χ2v) is 7.30. The monoisotopic (exact) mass is 389 g/mol. The van der Waals surface area contributed by atoms with E-state index in [9.17, 15) is 9.18 Å². The molecule has 1 aliphatic carbocycles. The van der Waals surface area contributed by atoms with Crippen molar-refractivity contribution in [1.82, 2.24) is 14.8 Å². The number of nitrogens with zero attached hydrogens (tertiary/aromatic N) is 4. The van der Waals surface area contributed by atoms with Crippen LogP contribution in [0.15, 0.2) is 42.6 Å². The standard InChI is InChI=1S/C14H15N3.C8H5FN2O/c1-2-12-9-14(16-17(12)7-1)11-5-6-15-13(8-11)10-3-4-10;9-7-2-5(4-10)1-6(3-7)8(11)12/h5-6,8-10H,1-4,7H2;1-3H,(H2,11,12). The van der Waals surface area contributed by atoms with E-state index in [-0.39, 0.29) is 11.1 Å². The number of halogens is 1. The molecule has 1 aromatic carbocycles. The lowest BCUT2D eigenvalue weighted by Crippen LogP contribution is -2.11. The highest BCUT2D eigenvalue weighted by molar-refractivity contribution is 5.93. The summed E-state index contributed by atoms with van der Waals surface area (Å²) in [6.07, 6.45) is 6.94. The zero-order valence-corrected chi connectivity index (χ0v) is 15.8. The second-order valence-electron chi connectivity index (χ2n) is 7.30. The molecule has 0 atom stereocenters. The average molecular weight is 389 g/mol. The number of carbonyl (C=O) groups is 1. The van der Waals surface area contributed by atoms with Crippen LogP contribution in [0, 0.1) is 17.1 Å². The van der Waals surface area contributed by atoms with Gasteiger partial charge in [0.05, 0.1) is 17.3 Å². The zero-order chi connectivity index (χ0) is 20.4. The molecular formula is C22H20FN5O. The molecule has 0 spiro atoms. The topological polar surface area (TPSA) is 97.6 Å². The van der Waals surface area contributed by atoms with Crippen molar-refractivity contribution in [3.63, 3.8) is 0 Å². The van der Waals surface area contributed by atoms with Gasteiger partial charge in [-0.3, -0.25) is 14.5 Å². The van der Waals surface area contributed by atoms with Gasteiger partial charge in [0.25, 0.3) is 0 Å². The third kappa shape index (κ3) is 4.32. The van der Waals surface area contributed by atoms with Gasteiger partial charge in [-0.15, -0.1) is 0 Å². The van der Waals surface area contributed by atoms with E-state index in [0.29, 0.717) is 5.92 Å². The molecule has 2 aliphatic rings.